The molecule has 0 atom stereocenters. The number of terminal acetylenes is 1. The fraction of sp³-hybridized carbons (Fsp3) is 0.158. The molecule has 0 aliphatic rings. The Morgan fingerprint density at radius 1 is 1.38 bits per heavy atom. The van der Waals surface area contributed by atoms with Crippen molar-refractivity contribution in [3.63, 3.8) is 0 Å². The summed E-state index contributed by atoms with van der Waals surface area (Å²) in [5.41, 5.74) is 5.37. The summed E-state index contributed by atoms with van der Waals surface area (Å²) >= 11 is 6.44. The van der Waals surface area contributed by atoms with Crippen LogP contribution >= 0.6 is 11.6 Å². The maximum atomic E-state index is 12.3. The van der Waals surface area contributed by atoms with E-state index in [1.54, 1.807) is 31.3 Å². The maximum absolute atomic E-state index is 12.3. The second kappa shape index (κ2) is 7.48. The van der Waals surface area contributed by atoms with Gasteiger partial charge in [-0.3, -0.25) is 9.63 Å². The lowest BCUT2D eigenvalue weighted by atomic mass is 10.0. The number of nitrogens with one attached hydrogen (secondary N) is 2. The number of aromatic amines is 1. The van der Waals surface area contributed by atoms with Gasteiger partial charge >= 0.3 is 0 Å². The molecule has 3 aromatic rings. The number of carbonyl (C=O) groups excluding carboxylic acids is 1. The molecule has 0 fully saturated rings. The van der Waals surface area contributed by atoms with E-state index in [2.05, 4.69) is 21.4 Å². The zero-order valence-corrected chi connectivity index (χ0v) is 15.0. The first kappa shape index (κ1) is 17.8. The molecule has 1 aromatic carbocycles. The molecule has 2 aromatic heterocycles. The molecule has 132 valence electrons. The van der Waals surface area contributed by atoms with Crippen molar-refractivity contribution in [2.45, 2.75) is 6.92 Å². The quantitative estimate of drug-likeness (QED) is 0.532. The molecule has 26 heavy (non-hydrogen) atoms. The molecule has 7 heteroatoms. The predicted octanol–water partition coefficient (Wildman–Crippen LogP) is 3.55. The average molecular weight is 370 g/mol. The Morgan fingerprint density at radius 3 is 2.88 bits per heavy atom. The largest absolute Gasteiger partial charge is 0.481 e. The van der Waals surface area contributed by atoms with Crippen LogP contribution in [0.3, 0.4) is 0 Å². The summed E-state index contributed by atoms with van der Waals surface area (Å²) in [5.74, 6) is 2.48. The molecule has 0 radical (unpaired) electrons. The first-order valence-electron chi connectivity index (χ1n) is 7.83. The molecule has 1 amide bonds. The number of carbonyl (C=O) groups is 1. The number of halogens is 1. The monoisotopic (exact) mass is 369 g/mol. The van der Waals surface area contributed by atoms with Gasteiger partial charge in [-0.2, -0.15) is 0 Å². The highest BCUT2D eigenvalue weighted by atomic mass is 35.5. The SMILES string of the molecule is C#Cc1ccc(-c2cc3c(C(=O)NOCC)c[nH]c3cc2Cl)c(OC)n1. The maximum Gasteiger partial charge on any atom is 0.277 e. The van der Waals surface area contributed by atoms with Gasteiger partial charge in [-0.25, -0.2) is 10.5 Å². The molecule has 0 aliphatic carbocycles. The van der Waals surface area contributed by atoms with Crippen molar-refractivity contribution in [1.29, 1.82) is 0 Å². The number of amides is 1. The lowest BCUT2D eigenvalue weighted by molar-refractivity contribution is 0.0366. The minimum absolute atomic E-state index is 0.348. The highest BCUT2D eigenvalue weighted by Crippen LogP contribution is 2.37. The van der Waals surface area contributed by atoms with Crippen LogP contribution in [0.15, 0.2) is 30.5 Å². The van der Waals surface area contributed by atoms with Crippen LogP contribution in [0.5, 0.6) is 5.88 Å². The van der Waals surface area contributed by atoms with Crippen LogP contribution in [0.2, 0.25) is 5.02 Å². The van der Waals surface area contributed by atoms with Gasteiger partial charge in [0.05, 0.1) is 24.3 Å². The molecule has 3 rings (SSSR count). The van der Waals surface area contributed by atoms with E-state index in [0.29, 0.717) is 45.3 Å². The molecule has 0 bridgehead atoms. The normalized spacial score (nSPS) is 10.5. The highest BCUT2D eigenvalue weighted by Gasteiger charge is 2.17. The number of aromatic nitrogens is 2. The van der Waals surface area contributed by atoms with E-state index in [1.807, 2.05) is 6.07 Å². The van der Waals surface area contributed by atoms with E-state index >= 15 is 0 Å². The van der Waals surface area contributed by atoms with Gasteiger partial charge in [0.1, 0.15) is 5.69 Å². The first-order chi connectivity index (χ1) is 12.6. The van der Waals surface area contributed by atoms with Crippen LogP contribution in [0.4, 0.5) is 0 Å². The Balaban J connectivity index is 2.14. The molecule has 2 N–H and O–H groups in total. The fourth-order valence-corrected chi connectivity index (χ4v) is 2.88. The fourth-order valence-electron chi connectivity index (χ4n) is 2.61. The third kappa shape index (κ3) is 3.23. The molecule has 0 saturated carbocycles. The number of H-pyrrole nitrogens is 1. The van der Waals surface area contributed by atoms with Crippen molar-refractivity contribution in [2.24, 2.45) is 0 Å². The Labute approximate surface area is 155 Å². The van der Waals surface area contributed by atoms with Gasteiger partial charge in [0.25, 0.3) is 5.91 Å². The molecular weight excluding hydrogens is 354 g/mol. The molecule has 0 aliphatic heterocycles. The standard InChI is InChI=1S/C19H16ClN3O3/c1-4-11-6-7-12(19(22-11)25-3)13-8-14-15(18(24)23-26-5-2)10-21-17(14)9-16(13)20/h1,6-10,21H,5H2,2-3H3,(H,23,24). The van der Waals surface area contributed by atoms with E-state index in [1.165, 1.54) is 7.11 Å². The molecule has 0 unspecified atom stereocenters. The number of hydrogen-bond acceptors (Lipinski definition) is 4. The van der Waals surface area contributed by atoms with Crippen molar-refractivity contribution in [3.05, 3.63) is 46.7 Å². The Bertz CT molecular complexity index is 1020. The number of methoxy groups -OCH3 is 1. The second-order valence-corrected chi connectivity index (χ2v) is 5.75. The van der Waals surface area contributed by atoms with Gasteiger partial charge in [0.2, 0.25) is 5.88 Å². The van der Waals surface area contributed by atoms with Crippen LogP contribution < -0.4 is 10.2 Å². The number of ether oxygens (including phenoxy) is 1. The number of fused-ring (bicyclic) bond motifs is 1. The van der Waals surface area contributed by atoms with Crippen molar-refractivity contribution < 1.29 is 14.4 Å². The number of rotatable bonds is 5. The highest BCUT2D eigenvalue weighted by molar-refractivity contribution is 6.34. The summed E-state index contributed by atoms with van der Waals surface area (Å²) in [6.07, 6.45) is 7.00. The van der Waals surface area contributed by atoms with E-state index in [4.69, 9.17) is 27.6 Å². The van der Waals surface area contributed by atoms with Gasteiger partial charge in [0.15, 0.2) is 0 Å². The number of pyridine rings is 1. The summed E-state index contributed by atoms with van der Waals surface area (Å²) in [5, 5.41) is 1.19. The summed E-state index contributed by atoms with van der Waals surface area (Å²) in [7, 11) is 1.51. The van der Waals surface area contributed by atoms with Crippen LogP contribution in [0, 0.1) is 12.3 Å². The lowest BCUT2D eigenvalue weighted by Crippen LogP contribution is -2.23. The van der Waals surface area contributed by atoms with Crippen molar-refractivity contribution in [3.8, 4) is 29.4 Å². The van der Waals surface area contributed by atoms with E-state index in [9.17, 15) is 4.79 Å². The van der Waals surface area contributed by atoms with Gasteiger partial charge in [-0.05, 0) is 31.2 Å². The number of hydroxylamine groups is 1. The minimum atomic E-state index is -0.348. The molecule has 6 nitrogen and oxygen atoms in total. The summed E-state index contributed by atoms with van der Waals surface area (Å²) < 4.78 is 5.35. The Hall–Kier alpha value is -3.01. The molecular formula is C19H16ClN3O3. The van der Waals surface area contributed by atoms with Crippen molar-refractivity contribution in [2.75, 3.05) is 13.7 Å². The number of nitrogens with zero attached hydrogens (tertiary/aromatic N) is 1. The van der Waals surface area contributed by atoms with Gasteiger partial charge < -0.3 is 9.72 Å². The third-order valence-corrected chi connectivity index (χ3v) is 4.13. The Morgan fingerprint density at radius 2 is 2.19 bits per heavy atom. The Kier molecular flexibility index (Phi) is 5.12. The summed E-state index contributed by atoms with van der Waals surface area (Å²) in [6.45, 7) is 2.15. The topological polar surface area (TPSA) is 76.2 Å². The lowest BCUT2D eigenvalue weighted by Gasteiger charge is -2.10. The van der Waals surface area contributed by atoms with Gasteiger partial charge in [0, 0.05) is 28.2 Å². The number of benzene rings is 1. The second-order valence-electron chi connectivity index (χ2n) is 5.34. The molecule has 0 spiro atoms. The third-order valence-electron chi connectivity index (χ3n) is 3.81. The van der Waals surface area contributed by atoms with E-state index < -0.39 is 0 Å². The summed E-state index contributed by atoms with van der Waals surface area (Å²) in [4.78, 5) is 24.6. The smallest absolute Gasteiger partial charge is 0.277 e. The van der Waals surface area contributed by atoms with Crippen molar-refractivity contribution in [1.82, 2.24) is 15.4 Å². The van der Waals surface area contributed by atoms with Crippen LogP contribution in [-0.4, -0.2) is 29.6 Å². The van der Waals surface area contributed by atoms with Crippen molar-refractivity contribution >= 4 is 28.4 Å². The zero-order chi connectivity index (χ0) is 18.7. The van der Waals surface area contributed by atoms with Gasteiger partial charge in [-0.15, -0.1) is 6.42 Å². The van der Waals surface area contributed by atoms with Gasteiger partial charge in [-0.1, -0.05) is 17.5 Å². The number of hydrogen-bond donors (Lipinski definition) is 2. The van der Waals surface area contributed by atoms with E-state index in [-0.39, 0.29) is 5.91 Å². The van der Waals surface area contributed by atoms with Crippen LogP contribution in [0.1, 0.15) is 23.0 Å². The molecule has 0 saturated heterocycles. The van der Waals surface area contributed by atoms with Crippen LogP contribution in [-0.2, 0) is 4.84 Å². The average Bonchev–Trinajstić information content (AvgIpc) is 3.07. The summed E-state index contributed by atoms with van der Waals surface area (Å²) in [6, 6.07) is 7.06. The van der Waals surface area contributed by atoms with E-state index in [0.717, 1.165) is 5.52 Å². The van der Waals surface area contributed by atoms with Crippen LogP contribution in [0.25, 0.3) is 22.0 Å². The molecule has 2 heterocycles. The zero-order valence-electron chi connectivity index (χ0n) is 14.2. The first-order valence-corrected chi connectivity index (χ1v) is 8.21. The minimum Gasteiger partial charge on any atom is -0.481 e. The predicted molar refractivity (Wildman–Crippen MR) is 100 cm³/mol.